The van der Waals surface area contributed by atoms with E-state index in [1.165, 1.54) is 34.4 Å². The zero-order chi connectivity index (χ0) is 18.8. The molecule has 2 aromatic carbocycles. The molecule has 0 saturated carbocycles. The second-order valence-electron chi connectivity index (χ2n) is 5.84. The Bertz CT molecular complexity index is 1090. The highest BCUT2D eigenvalue weighted by Crippen LogP contribution is 2.31. The van der Waals surface area contributed by atoms with Crippen LogP contribution < -0.4 is 11.1 Å². The van der Waals surface area contributed by atoms with E-state index in [2.05, 4.69) is 33.5 Å². The SMILES string of the molecule is CC(N)Sc1nc(C(=O)Nc2nc3ccc(-c4ccccc4)cc3s2)cs1.Cl. The van der Waals surface area contributed by atoms with Gasteiger partial charge in [0.05, 0.1) is 15.6 Å². The lowest BCUT2D eigenvalue weighted by molar-refractivity contribution is 0.102. The summed E-state index contributed by atoms with van der Waals surface area (Å²) >= 11 is 4.31. The highest BCUT2D eigenvalue weighted by Gasteiger charge is 2.14. The molecule has 0 radical (unpaired) electrons. The fourth-order valence-corrected chi connectivity index (χ4v) is 5.24. The van der Waals surface area contributed by atoms with Crippen LogP contribution in [0.5, 0.6) is 0 Å². The third kappa shape index (κ3) is 4.71. The van der Waals surface area contributed by atoms with Gasteiger partial charge in [0.1, 0.15) is 5.69 Å². The Morgan fingerprint density at radius 3 is 2.68 bits per heavy atom. The van der Waals surface area contributed by atoms with Gasteiger partial charge in [-0.15, -0.1) is 23.7 Å². The fourth-order valence-electron chi connectivity index (χ4n) is 2.52. The number of anilines is 1. The van der Waals surface area contributed by atoms with Crippen molar-refractivity contribution < 1.29 is 4.79 Å². The summed E-state index contributed by atoms with van der Waals surface area (Å²) in [6.45, 7) is 1.89. The number of nitrogens with one attached hydrogen (secondary N) is 1. The zero-order valence-electron chi connectivity index (χ0n) is 14.8. The number of thioether (sulfide) groups is 1. The summed E-state index contributed by atoms with van der Waals surface area (Å²) in [6, 6.07) is 16.3. The molecule has 2 heterocycles. The summed E-state index contributed by atoms with van der Waals surface area (Å²) in [5, 5.41) is 5.09. The van der Waals surface area contributed by atoms with Crippen molar-refractivity contribution in [3.63, 3.8) is 0 Å². The number of aromatic nitrogens is 2. The number of fused-ring (bicyclic) bond motifs is 1. The molecule has 0 spiro atoms. The largest absolute Gasteiger partial charge is 0.319 e. The average molecular weight is 449 g/mol. The topological polar surface area (TPSA) is 80.9 Å². The van der Waals surface area contributed by atoms with Gasteiger partial charge in [-0.2, -0.15) is 0 Å². The van der Waals surface area contributed by atoms with E-state index in [-0.39, 0.29) is 23.7 Å². The Labute approximate surface area is 180 Å². The predicted octanol–water partition coefficient (Wildman–Crippen LogP) is 5.49. The van der Waals surface area contributed by atoms with Gasteiger partial charge in [-0.1, -0.05) is 59.5 Å². The molecule has 0 bridgehead atoms. The van der Waals surface area contributed by atoms with Gasteiger partial charge in [-0.25, -0.2) is 9.97 Å². The molecule has 144 valence electrons. The van der Waals surface area contributed by atoms with Crippen LogP contribution in [0.15, 0.2) is 58.3 Å². The first kappa shape index (κ1) is 20.8. The van der Waals surface area contributed by atoms with Crippen molar-refractivity contribution in [1.82, 2.24) is 9.97 Å². The minimum absolute atomic E-state index is 0. The van der Waals surface area contributed by atoms with Gasteiger partial charge in [0.15, 0.2) is 9.47 Å². The molecule has 9 heteroatoms. The van der Waals surface area contributed by atoms with Crippen LogP contribution in [-0.4, -0.2) is 21.2 Å². The molecular weight excluding hydrogens is 432 g/mol. The van der Waals surface area contributed by atoms with Crippen LogP contribution in [-0.2, 0) is 0 Å². The molecule has 1 unspecified atom stereocenters. The van der Waals surface area contributed by atoms with E-state index < -0.39 is 0 Å². The molecule has 0 aliphatic carbocycles. The fraction of sp³-hybridized carbons (Fsp3) is 0.105. The number of carbonyl (C=O) groups excluding carboxylic acids is 1. The molecule has 1 atom stereocenters. The Kier molecular flexibility index (Phi) is 6.69. The van der Waals surface area contributed by atoms with E-state index in [4.69, 9.17) is 5.73 Å². The number of rotatable bonds is 5. The van der Waals surface area contributed by atoms with E-state index in [1.807, 2.05) is 37.3 Å². The number of hydrogen-bond acceptors (Lipinski definition) is 7. The number of thiazole rings is 2. The van der Waals surface area contributed by atoms with E-state index in [0.29, 0.717) is 10.8 Å². The van der Waals surface area contributed by atoms with Gasteiger partial charge in [-0.05, 0) is 30.2 Å². The van der Waals surface area contributed by atoms with Crippen molar-refractivity contribution in [3.05, 3.63) is 59.6 Å². The molecule has 2 aromatic heterocycles. The van der Waals surface area contributed by atoms with Crippen LogP contribution in [0.3, 0.4) is 0 Å². The number of benzene rings is 2. The minimum Gasteiger partial charge on any atom is -0.319 e. The maximum absolute atomic E-state index is 12.4. The van der Waals surface area contributed by atoms with Crippen molar-refractivity contribution in [1.29, 1.82) is 0 Å². The first-order valence-corrected chi connectivity index (χ1v) is 10.8. The summed E-state index contributed by atoms with van der Waals surface area (Å²) in [7, 11) is 0. The first-order valence-electron chi connectivity index (χ1n) is 8.23. The summed E-state index contributed by atoms with van der Waals surface area (Å²) in [6.07, 6.45) is 0. The standard InChI is InChI=1S/C19H16N4OS3.ClH/c1-11(20)26-19-22-15(10-25-19)17(24)23-18-21-14-8-7-13(9-16(14)27-18)12-5-3-2-4-6-12;/h2-11H,20H2,1H3,(H,21,23,24);1H. The molecule has 3 N–H and O–H groups in total. The molecule has 0 aliphatic rings. The van der Waals surface area contributed by atoms with Crippen LogP contribution in [0.1, 0.15) is 17.4 Å². The van der Waals surface area contributed by atoms with Gasteiger partial charge in [0, 0.05) is 5.38 Å². The maximum Gasteiger partial charge on any atom is 0.276 e. The van der Waals surface area contributed by atoms with E-state index >= 15 is 0 Å². The summed E-state index contributed by atoms with van der Waals surface area (Å²) < 4.78 is 1.81. The molecule has 4 rings (SSSR count). The van der Waals surface area contributed by atoms with Gasteiger partial charge in [0.25, 0.3) is 5.91 Å². The molecule has 28 heavy (non-hydrogen) atoms. The van der Waals surface area contributed by atoms with Crippen molar-refractivity contribution in [3.8, 4) is 11.1 Å². The maximum atomic E-state index is 12.4. The van der Waals surface area contributed by atoms with Crippen LogP contribution >= 0.6 is 46.8 Å². The lowest BCUT2D eigenvalue weighted by Crippen LogP contribution is -2.12. The summed E-state index contributed by atoms with van der Waals surface area (Å²) in [5.41, 5.74) is 9.28. The molecule has 0 saturated heterocycles. The van der Waals surface area contributed by atoms with Crippen LogP contribution in [0.4, 0.5) is 5.13 Å². The number of halogens is 1. The Hall–Kier alpha value is -1.97. The molecule has 0 fully saturated rings. The van der Waals surface area contributed by atoms with Crippen LogP contribution in [0.2, 0.25) is 0 Å². The first-order chi connectivity index (χ1) is 13.1. The minimum atomic E-state index is -0.259. The van der Waals surface area contributed by atoms with Crippen LogP contribution in [0.25, 0.3) is 21.3 Å². The monoisotopic (exact) mass is 448 g/mol. The van der Waals surface area contributed by atoms with E-state index in [9.17, 15) is 4.79 Å². The van der Waals surface area contributed by atoms with Crippen molar-refractivity contribution in [2.45, 2.75) is 16.6 Å². The molecule has 5 nitrogen and oxygen atoms in total. The highest BCUT2D eigenvalue weighted by molar-refractivity contribution is 8.01. The van der Waals surface area contributed by atoms with E-state index in [0.717, 1.165) is 25.7 Å². The summed E-state index contributed by atoms with van der Waals surface area (Å²) in [5.74, 6) is -0.259. The predicted molar refractivity (Wildman–Crippen MR) is 122 cm³/mol. The lowest BCUT2D eigenvalue weighted by Gasteiger charge is -2.00. The number of hydrogen-bond donors (Lipinski definition) is 2. The number of carbonyl (C=O) groups is 1. The Morgan fingerprint density at radius 1 is 1.14 bits per heavy atom. The molecule has 1 amide bonds. The van der Waals surface area contributed by atoms with Crippen molar-refractivity contribution >= 4 is 68.1 Å². The number of nitrogens with zero attached hydrogens (tertiary/aromatic N) is 2. The average Bonchev–Trinajstić information content (AvgIpc) is 3.27. The zero-order valence-corrected chi connectivity index (χ0v) is 18.1. The second-order valence-corrected chi connectivity index (χ2v) is 9.36. The molecule has 4 aromatic rings. The van der Waals surface area contributed by atoms with Crippen LogP contribution in [0, 0.1) is 0 Å². The van der Waals surface area contributed by atoms with Gasteiger partial charge >= 0.3 is 0 Å². The number of amides is 1. The second kappa shape index (κ2) is 9.02. The van der Waals surface area contributed by atoms with Gasteiger partial charge < -0.3 is 5.73 Å². The van der Waals surface area contributed by atoms with Crippen molar-refractivity contribution in [2.24, 2.45) is 5.73 Å². The van der Waals surface area contributed by atoms with Gasteiger partial charge in [0.2, 0.25) is 0 Å². The quantitative estimate of drug-likeness (QED) is 0.311. The van der Waals surface area contributed by atoms with E-state index in [1.54, 1.807) is 5.38 Å². The number of nitrogens with two attached hydrogens (primary N) is 1. The highest BCUT2D eigenvalue weighted by atomic mass is 35.5. The van der Waals surface area contributed by atoms with Crippen molar-refractivity contribution in [2.75, 3.05) is 5.32 Å². The smallest absolute Gasteiger partial charge is 0.276 e. The Morgan fingerprint density at radius 2 is 1.93 bits per heavy atom. The molecular formula is C19H17ClN4OS3. The van der Waals surface area contributed by atoms with Gasteiger partial charge in [-0.3, -0.25) is 10.1 Å². The normalized spacial score (nSPS) is 11.8. The third-order valence-electron chi connectivity index (χ3n) is 3.72. The third-order valence-corrected chi connectivity index (χ3v) is 6.53. The molecule has 0 aliphatic heterocycles. The summed E-state index contributed by atoms with van der Waals surface area (Å²) in [4.78, 5) is 21.3. The lowest BCUT2D eigenvalue weighted by atomic mass is 10.1. The Balaban J connectivity index is 0.00000225.